The molecular weight excluding hydrogens is 399 g/mol. The number of hydrogen-bond acceptors (Lipinski definition) is 3. The molecule has 1 aliphatic heterocycles. The van der Waals surface area contributed by atoms with Gasteiger partial charge in [0.2, 0.25) is 0 Å². The quantitative estimate of drug-likeness (QED) is 0.602. The van der Waals surface area contributed by atoms with Crippen LogP contribution in [0.1, 0.15) is 22.8 Å². The van der Waals surface area contributed by atoms with Gasteiger partial charge in [0.25, 0.3) is 5.91 Å². The molecular formula is C18H13Cl3N2O3. The maximum Gasteiger partial charge on any atom is 0.325 e. The molecule has 8 heteroatoms. The molecule has 1 aliphatic rings. The number of rotatable bonds is 4. The first kappa shape index (κ1) is 18.7. The molecule has 0 radical (unpaired) electrons. The number of carbonyl (C=O) groups is 3. The molecule has 0 bridgehead atoms. The highest BCUT2D eigenvalue weighted by Gasteiger charge is 2.50. The van der Waals surface area contributed by atoms with Crippen LogP contribution in [0.25, 0.3) is 0 Å². The van der Waals surface area contributed by atoms with E-state index >= 15 is 0 Å². The number of benzene rings is 2. The summed E-state index contributed by atoms with van der Waals surface area (Å²) in [5.74, 6) is -1.02. The van der Waals surface area contributed by atoms with Crippen molar-refractivity contribution < 1.29 is 14.4 Å². The Balaban J connectivity index is 1.89. The number of carbonyl (C=O) groups excluding carboxylic acids is 3. The fourth-order valence-electron chi connectivity index (χ4n) is 2.83. The first-order chi connectivity index (χ1) is 12.2. The monoisotopic (exact) mass is 410 g/mol. The van der Waals surface area contributed by atoms with Crippen LogP contribution in [0.5, 0.6) is 0 Å². The molecule has 2 aromatic carbocycles. The second-order valence-electron chi connectivity index (χ2n) is 5.97. The lowest BCUT2D eigenvalue weighted by Gasteiger charge is -2.23. The van der Waals surface area contributed by atoms with Gasteiger partial charge in [0.15, 0.2) is 5.78 Å². The highest BCUT2D eigenvalue weighted by Crippen LogP contribution is 2.35. The van der Waals surface area contributed by atoms with Gasteiger partial charge < -0.3 is 5.32 Å². The third-order valence-electron chi connectivity index (χ3n) is 4.22. The van der Waals surface area contributed by atoms with E-state index in [1.165, 1.54) is 13.0 Å². The first-order valence-electron chi connectivity index (χ1n) is 7.61. The Kier molecular flexibility index (Phi) is 4.97. The number of amides is 3. The molecule has 1 fully saturated rings. The predicted molar refractivity (Wildman–Crippen MR) is 99.8 cm³/mol. The molecule has 1 N–H and O–H groups in total. The second-order valence-corrected chi connectivity index (χ2v) is 7.22. The highest BCUT2D eigenvalue weighted by molar-refractivity contribution is 6.35. The van der Waals surface area contributed by atoms with E-state index in [0.717, 1.165) is 4.90 Å². The van der Waals surface area contributed by atoms with Crippen LogP contribution < -0.4 is 5.32 Å². The summed E-state index contributed by atoms with van der Waals surface area (Å²) in [5.41, 5.74) is -0.748. The van der Waals surface area contributed by atoms with Gasteiger partial charge >= 0.3 is 6.03 Å². The summed E-state index contributed by atoms with van der Waals surface area (Å²) in [5, 5.41) is 3.51. The Morgan fingerprint density at radius 3 is 2.42 bits per heavy atom. The van der Waals surface area contributed by atoms with Crippen molar-refractivity contribution in [1.29, 1.82) is 0 Å². The number of ketones is 1. The Morgan fingerprint density at radius 2 is 1.77 bits per heavy atom. The van der Waals surface area contributed by atoms with Crippen LogP contribution in [0.15, 0.2) is 42.5 Å². The molecule has 134 valence electrons. The zero-order valence-corrected chi connectivity index (χ0v) is 15.8. The van der Waals surface area contributed by atoms with E-state index in [1.54, 1.807) is 36.4 Å². The van der Waals surface area contributed by atoms with Crippen molar-refractivity contribution in [3.63, 3.8) is 0 Å². The molecule has 2 aromatic rings. The number of halogens is 3. The van der Waals surface area contributed by atoms with Gasteiger partial charge in [0, 0.05) is 21.2 Å². The predicted octanol–water partition coefficient (Wildman–Crippen LogP) is 4.30. The van der Waals surface area contributed by atoms with Gasteiger partial charge in [-0.15, -0.1) is 0 Å². The summed E-state index contributed by atoms with van der Waals surface area (Å²) in [6, 6.07) is 10.4. The van der Waals surface area contributed by atoms with Crippen LogP contribution in [0.2, 0.25) is 15.1 Å². The normalized spacial score (nSPS) is 19.6. The smallest absolute Gasteiger partial charge is 0.319 e. The van der Waals surface area contributed by atoms with Crippen LogP contribution in [-0.4, -0.2) is 29.2 Å². The van der Waals surface area contributed by atoms with E-state index in [4.69, 9.17) is 34.8 Å². The van der Waals surface area contributed by atoms with E-state index in [1.807, 2.05) is 0 Å². The molecule has 0 aliphatic carbocycles. The molecule has 0 saturated carbocycles. The summed E-state index contributed by atoms with van der Waals surface area (Å²) in [4.78, 5) is 38.6. The summed E-state index contributed by atoms with van der Waals surface area (Å²) in [6.07, 6.45) is 0. The number of imide groups is 1. The molecule has 5 nitrogen and oxygen atoms in total. The SMILES string of the molecule is C[C@@]1(c2ccc(Cl)cc2Cl)NC(=O)N(CC(=O)c2ccccc2Cl)C1=O. The third kappa shape index (κ3) is 3.18. The van der Waals surface area contributed by atoms with Crippen molar-refractivity contribution in [2.24, 2.45) is 0 Å². The highest BCUT2D eigenvalue weighted by atomic mass is 35.5. The van der Waals surface area contributed by atoms with Crippen molar-refractivity contribution in [2.45, 2.75) is 12.5 Å². The maximum atomic E-state index is 12.9. The van der Waals surface area contributed by atoms with Gasteiger partial charge in [-0.05, 0) is 31.2 Å². The van der Waals surface area contributed by atoms with E-state index < -0.39 is 29.8 Å². The summed E-state index contributed by atoms with van der Waals surface area (Å²) in [7, 11) is 0. The number of urea groups is 1. The Labute approximate surface area is 164 Å². The zero-order valence-electron chi connectivity index (χ0n) is 13.6. The van der Waals surface area contributed by atoms with Gasteiger partial charge in [-0.2, -0.15) is 0 Å². The topological polar surface area (TPSA) is 66.5 Å². The first-order valence-corrected chi connectivity index (χ1v) is 8.75. The summed E-state index contributed by atoms with van der Waals surface area (Å²) in [6.45, 7) is 1.11. The molecule has 3 rings (SSSR count). The van der Waals surface area contributed by atoms with Crippen molar-refractivity contribution >= 4 is 52.5 Å². The van der Waals surface area contributed by atoms with Gasteiger partial charge in [0.05, 0.1) is 11.6 Å². The van der Waals surface area contributed by atoms with Gasteiger partial charge in [-0.3, -0.25) is 14.5 Å². The molecule has 26 heavy (non-hydrogen) atoms. The van der Waals surface area contributed by atoms with Gasteiger partial charge in [-0.1, -0.05) is 53.0 Å². The van der Waals surface area contributed by atoms with Crippen LogP contribution in [0, 0.1) is 0 Å². The third-order valence-corrected chi connectivity index (χ3v) is 5.10. The second kappa shape index (κ2) is 6.91. The van der Waals surface area contributed by atoms with E-state index in [-0.39, 0.29) is 15.6 Å². The zero-order chi connectivity index (χ0) is 19.1. The Bertz CT molecular complexity index is 932. The summed E-state index contributed by atoms with van der Waals surface area (Å²) >= 11 is 18.1. The number of nitrogens with one attached hydrogen (secondary N) is 1. The Morgan fingerprint density at radius 1 is 1.08 bits per heavy atom. The van der Waals surface area contributed by atoms with Crippen molar-refractivity contribution in [2.75, 3.05) is 6.54 Å². The number of hydrogen-bond donors (Lipinski definition) is 1. The minimum absolute atomic E-state index is 0.243. The molecule has 1 atom stereocenters. The molecule has 1 saturated heterocycles. The maximum absolute atomic E-state index is 12.9. The minimum atomic E-state index is -1.39. The molecule has 0 spiro atoms. The van der Waals surface area contributed by atoms with Crippen molar-refractivity contribution in [3.05, 3.63) is 68.7 Å². The van der Waals surface area contributed by atoms with Crippen LogP contribution in [0.4, 0.5) is 4.79 Å². The van der Waals surface area contributed by atoms with Crippen LogP contribution in [-0.2, 0) is 10.3 Å². The lowest BCUT2D eigenvalue weighted by atomic mass is 9.92. The largest absolute Gasteiger partial charge is 0.325 e. The van der Waals surface area contributed by atoms with E-state index in [9.17, 15) is 14.4 Å². The van der Waals surface area contributed by atoms with Gasteiger partial charge in [0.1, 0.15) is 5.54 Å². The standard InChI is InChI=1S/C18H13Cl3N2O3/c1-18(12-7-6-10(19)8-14(12)21)16(25)23(17(26)22-18)9-15(24)11-4-2-3-5-13(11)20/h2-8H,9H2,1H3,(H,22,26)/t18-/m0/s1. The number of Topliss-reactive ketones (excluding diaryl/α,β-unsaturated/α-hetero) is 1. The Hall–Kier alpha value is -2.08. The van der Waals surface area contributed by atoms with Crippen molar-refractivity contribution in [1.82, 2.24) is 10.2 Å². The van der Waals surface area contributed by atoms with E-state index in [2.05, 4.69) is 5.32 Å². The fourth-order valence-corrected chi connectivity index (χ4v) is 3.67. The van der Waals surface area contributed by atoms with E-state index in [0.29, 0.717) is 10.6 Å². The van der Waals surface area contributed by atoms with Crippen LogP contribution in [0.3, 0.4) is 0 Å². The fraction of sp³-hybridized carbons (Fsp3) is 0.167. The van der Waals surface area contributed by atoms with Gasteiger partial charge in [-0.25, -0.2) is 4.79 Å². The van der Waals surface area contributed by atoms with Crippen LogP contribution >= 0.6 is 34.8 Å². The average molecular weight is 412 g/mol. The minimum Gasteiger partial charge on any atom is -0.319 e. The lowest BCUT2D eigenvalue weighted by molar-refractivity contribution is -0.130. The molecule has 1 heterocycles. The van der Waals surface area contributed by atoms with Crippen molar-refractivity contribution in [3.8, 4) is 0 Å². The lowest BCUT2D eigenvalue weighted by Crippen LogP contribution is -2.41. The number of nitrogens with zero attached hydrogens (tertiary/aromatic N) is 1. The molecule has 3 amide bonds. The molecule has 0 unspecified atom stereocenters. The molecule has 0 aromatic heterocycles. The summed E-state index contributed by atoms with van der Waals surface area (Å²) < 4.78 is 0. The average Bonchev–Trinajstić information content (AvgIpc) is 2.79.